The summed E-state index contributed by atoms with van der Waals surface area (Å²) in [7, 11) is 1.38. The largest absolute Gasteiger partial charge is 0.465 e. The van der Waals surface area contributed by atoms with Gasteiger partial charge in [-0.15, -0.1) is 11.3 Å². The summed E-state index contributed by atoms with van der Waals surface area (Å²) in [6, 6.07) is 10.0. The van der Waals surface area contributed by atoms with Crippen LogP contribution in [-0.4, -0.2) is 36.5 Å². The zero-order chi connectivity index (χ0) is 18.7. The second kappa shape index (κ2) is 8.01. The number of anilines is 1. The lowest BCUT2D eigenvalue weighted by Crippen LogP contribution is -2.35. The summed E-state index contributed by atoms with van der Waals surface area (Å²) in [5.74, 6) is -0.504. The second-order valence-corrected chi connectivity index (χ2v) is 7.83. The van der Waals surface area contributed by atoms with Gasteiger partial charge in [0.1, 0.15) is 5.00 Å². The fourth-order valence-corrected chi connectivity index (χ4v) is 4.50. The van der Waals surface area contributed by atoms with Gasteiger partial charge in [-0.2, -0.15) is 0 Å². The molecule has 0 unspecified atom stereocenters. The van der Waals surface area contributed by atoms with Crippen molar-refractivity contribution in [3.8, 4) is 0 Å². The zero-order valence-electron chi connectivity index (χ0n) is 15.4. The van der Waals surface area contributed by atoms with Gasteiger partial charge in [-0.3, -0.25) is 9.69 Å². The van der Waals surface area contributed by atoms with Crippen LogP contribution in [0.1, 0.15) is 40.2 Å². The van der Waals surface area contributed by atoms with Gasteiger partial charge < -0.3 is 10.1 Å². The van der Waals surface area contributed by atoms with E-state index in [9.17, 15) is 9.59 Å². The van der Waals surface area contributed by atoms with Gasteiger partial charge in [0.2, 0.25) is 5.91 Å². The van der Waals surface area contributed by atoms with Gasteiger partial charge in [-0.25, -0.2) is 4.79 Å². The summed E-state index contributed by atoms with van der Waals surface area (Å²) in [6.07, 6.45) is 1.07. The first kappa shape index (κ1) is 18.6. The van der Waals surface area contributed by atoms with Crippen LogP contribution < -0.4 is 5.32 Å². The van der Waals surface area contributed by atoms with Crippen molar-refractivity contribution in [2.75, 3.05) is 19.0 Å². The van der Waals surface area contributed by atoms with Crippen LogP contribution >= 0.6 is 11.3 Å². The van der Waals surface area contributed by atoms with Crippen molar-refractivity contribution in [1.29, 1.82) is 0 Å². The number of hydrogen-bond acceptors (Lipinski definition) is 5. The minimum absolute atomic E-state index is 0.124. The number of thiophene rings is 1. The Kier molecular flexibility index (Phi) is 5.74. The molecule has 0 fully saturated rings. The highest BCUT2D eigenvalue weighted by molar-refractivity contribution is 7.17. The van der Waals surface area contributed by atoms with Crippen LogP contribution in [0.5, 0.6) is 0 Å². The van der Waals surface area contributed by atoms with Crippen molar-refractivity contribution in [3.63, 3.8) is 0 Å². The molecule has 1 aliphatic heterocycles. The Morgan fingerprint density at radius 3 is 2.65 bits per heavy atom. The van der Waals surface area contributed by atoms with Gasteiger partial charge in [0, 0.05) is 24.0 Å². The molecule has 26 heavy (non-hydrogen) atoms. The Hall–Kier alpha value is -2.18. The first-order valence-corrected chi connectivity index (χ1v) is 9.62. The predicted octanol–water partition coefficient (Wildman–Crippen LogP) is 3.48. The lowest BCUT2D eigenvalue weighted by molar-refractivity contribution is -0.115. The van der Waals surface area contributed by atoms with E-state index < -0.39 is 0 Å². The van der Waals surface area contributed by atoms with Crippen LogP contribution in [0.3, 0.4) is 0 Å². The number of fused-ring (bicyclic) bond motifs is 1. The Bertz CT molecular complexity index is 799. The number of rotatable bonds is 5. The molecule has 0 bridgehead atoms. The molecular formula is C20H24N2O3S. The van der Waals surface area contributed by atoms with Crippen molar-refractivity contribution in [2.45, 2.75) is 39.3 Å². The highest BCUT2D eigenvalue weighted by atomic mass is 32.1. The number of hydrogen-bond donors (Lipinski definition) is 1. The van der Waals surface area contributed by atoms with Gasteiger partial charge in [0.25, 0.3) is 0 Å². The summed E-state index contributed by atoms with van der Waals surface area (Å²) in [5, 5.41) is 3.54. The van der Waals surface area contributed by atoms with Crippen molar-refractivity contribution in [1.82, 2.24) is 4.90 Å². The van der Waals surface area contributed by atoms with Crippen LogP contribution in [-0.2, 0) is 28.9 Å². The van der Waals surface area contributed by atoms with E-state index in [1.165, 1.54) is 18.4 Å². The van der Waals surface area contributed by atoms with E-state index in [0.29, 0.717) is 16.6 Å². The molecule has 1 aromatic heterocycles. The van der Waals surface area contributed by atoms with Crippen molar-refractivity contribution in [3.05, 3.63) is 51.9 Å². The smallest absolute Gasteiger partial charge is 0.341 e. The summed E-state index contributed by atoms with van der Waals surface area (Å²) < 4.78 is 4.98. The Balaban J connectivity index is 1.84. The number of nitrogens with one attached hydrogen (secondary N) is 1. The van der Waals surface area contributed by atoms with Crippen LogP contribution in [0.4, 0.5) is 5.00 Å². The highest BCUT2D eigenvalue weighted by Gasteiger charge is 2.29. The van der Waals surface area contributed by atoms with E-state index in [1.54, 1.807) is 0 Å². The van der Waals surface area contributed by atoms with E-state index in [-0.39, 0.29) is 18.3 Å². The van der Waals surface area contributed by atoms with E-state index in [1.807, 2.05) is 30.3 Å². The lowest BCUT2D eigenvalue weighted by Gasteiger charge is -2.30. The molecule has 138 valence electrons. The molecule has 1 aromatic carbocycles. The number of benzene rings is 1. The molecule has 0 saturated carbocycles. The average molecular weight is 372 g/mol. The molecular weight excluding hydrogens is 348 g/mol. The van der Waals surface area contributed by atoms with E-state index in [4.69, 9.17) is 4.74 Å². The van der Waals surface area contributed by atoms with Gasteiger partial charge >= 0.3 is 5.97 Å². The molecule has 5 nitrogen and oxygen atoms in total. The topological polar surface area (TPSA) is 58.6 Å². The predicted molar refractivity (Wildman–Crippen MR) is 104 cm³/mol. The third-order valence-electron chi connectivity index (χ3n) is 4.67. The van der Waals surface area contributed by atoms with Crippen LogP contribution in [0.15, 0.2) is 30.3 Å². The van der Waals surface area contributed by atoms with Gasteiger partial charge in [-0.1, -0.05) is 30.3 Å². The average Bonchev–Trinajstić information content (AvgIpc) is 2.98. The second-order valence-electron chi connectivity index (χ2n) is 6.72. The first-order chi connectivity index (χ1) is 12.5. The molecule has 0 aliphatic carbocycles. The Morgan fingerprint density at radius 2 is 2.00 bits per heavy atom. The number of carbonyl (C=O) groups excluding carboxylic acids is 2. The van der Waals surface area contributed by atoms with Crippen molar-refractivity contribution >= 4 is 28.2 Å². The van der Waals surface area contributed by atoms with Gasteiger partial charge in [-0.05, 0) is 31.4 Å². The summed E-state index contributed by atoms with van der Waals surface area (Å²) >= 11 is 1.49. The molecule has 0 atom stereocenters. The fourth-order valence-electron chi connectivity index (χ4n) is 3.22. The summed E-state index contributed by atoms with van der Waals surface area (Å²) in [5.41, 5.74) is 2.49. The van der Waals surface area contributed by atoms with Crippen molar-refractivity contribution in [2.24, 2.45) is 0 Å². The van der Waals surface area contributed by atoms with Gasteiger partial charge in [0.15, 0.2) is 0 Å². The molecule has 1 amide bonds. The number of amides is 1. The molecule has 0 radical (unpaired) electrons. The van der Waals surface area contributed by atoms with Crippen LogP contribution in [0.25, 0.3) is 0 Å². The van der Waals surface area contributed by atoms with E-state index in [2.05, 4.69) is 24.1 Å². The Morgan fingerprint density at radius 1 is 1.27 bits per heavy atom. The molecule has 1 aliphatic rings. The number of ether oxygens (including phenoxy) is 1. The Labute approximate surface area is 158 Å². The number of carbonyl (C=O) groups is 2. The lowest BCUT2D eigenvalue weighted by atomic mass is 10.0. The quantitative estimate of drug-likeness (QED) is 0.817. The first-order valence-electron chi connectivity index (χ1n) is 8.80. The van der Waals surface area contributed by atoms with Crippen LogP contribution in [0, 0.1) is 0 Å². The molecule has 0 spiro atoms. The number of nitrogens with zero attached hydrogens (tertiary/aromatic N) is 1. The summed E-state index contributed by atoms with van der Waals surface area (Å²) in [4.78, 5) is 28.3. The zero-order valence-corrected chi connectivity index (χ0v) is 16.2. The monoisotopic (exact) mass is 372 g/mol. The number of esters is 1. The minimum Gasteiger partial charge on any atom is -0.465 e. The van der Waals surface area contributed by atoms with Crippen molar-refractivity contribution < 1.29 is 14.3 Å². The molecule has 0 saturated heterocycles. The third-order valence-corrected chi connectivity index (χ3v) is 5.80. The maximum Gasteiger partial charge on any atom is 0.341 e. The SMILES string of the molecule is COC(=O)c1c(NC(=O)Cc2ccccc2)sc2c1CCN(C(C)C)C2. The normalized spacial score (nSPS) is 14.2. The maximum atomic E-state index is 12.5. The molecule has 1 N–H and O–H groups in total. The van der Waals surface area contributed by atoms with E-state index >= 15 is 0 Å². The molecule has 3 rings (SSSR count). The van der Waals surface area contributed by atoms with Gasteiger partial charge in [0.05, 0.1) is 19.1 Å². The highest BCUT2D eigenvalue weighted by Crippen LogP contribution is 2.38. The van der Waals surface area contributed by atoms with Crippen LogP contribution in [0.2, 0.25) is 0 Å². The molecule has 6 heteroatoms. The fraction of sp³-hybridized carbons (Fsp3) is 0.400. The standard InChI is InChI=1S/C20H24N2O3S/c1-13(2)22-10-9-15-16(12-22)26-19(18(15)20(24)25-3)21-17(23)11-14-7-5-4-6-8-14/h4-8,13H,9-12H2,1-3H3,(H,21,23). The maximum absolute atomic E-state index is 12.5. The third kappa shape index (κ3) is 3.97. The summed E-state index contributed by atoms with van der Waals surface area (Å²) in [6.45, 7) is 6.05. The minimum atomic E-state index is -0.379. The van der Waals surface area contributed by atoms with E-state index in [0.717, 1.165) is 35.5 Å². The molecule has 2 aromatic rings. The number of methoxy groups -OCH3 is 1. The molecule has 2 heterocycles.